The number of ether oxygens (including phenoxy) is 1. The van der Waals surface area contributed by atoms with Crippen molar-refractivity contribution in [3.8, 4) is 0 Å². The van der Waals surface area contributed by atoms with Gasteiger partial charge in [0.1, 0.15) is 6.61 Å². The van der Waals surface area contributed by atoms with Gasteiger partial charge in [0.2, 0.25) is 0 Å². The summed E-state index contributed by atoms with van der Waals surface area (Å²) in [5.74, 6) is 0.733. The van der Waals surface area contributed by atoms with Crippen LogP contribution >= 0.6 is 0 Å². The van der Waals surface area contributed by atoms with E-state index >= 15 is 0 Å². The Labute approximate surface area is 160 Å². The highest BCUT2D eigenvalue weighted by Gasteiger charge is 2.02. The van der Waals surface area contributed by atoms with E-state index in [0.717, 1.165) is 30.7 Å². The lowest BCUT2D eigenvalue weighted by molar-refractivity contribution is -0.145. The second-order valence-corrected chi connectivity index (χ2v) is 7.48. The van der Waals surface area contributed by atoms with Gasteiger partial charge in [-0.15, -0.1) is 0 Å². The largest absolute Gasteiger partial charge is 0.461 e. The molecule has 0 aliphatic rings. The van der Waals surface area contributed by atoms with Crippen molar-refractivity contribution in [1.82, 2.24) is 4.98 Å². The summed E-state index contributed by atoms with van der Waals surface area (Å²) in [7, 11) is 0. The normalized spacial score (nSPS) is 11.3. The minimum absolute atomic E-state index is 0.115. The van der Waals surface area contributed by atoms with Crippen molar-refractivity contribution in [2.45, 2.75) is 91.1 Å². The first-order valence-electron chi connectivity index (χ1n) is 10.4. The number of nitrogens with zero attached hydrogens (tertiary/aromatic N) is 1. The van der Waals surface area contributed by atoms with Crippen LogP contribution in [0.5, 0.6) is 0 Å². The lowest BCUT2D eigenvalue weighted by Crippen LogP contribution is -2.04. The number of carbonyl (C=O) groups is 1. The molecule has 0 fully saturated rings. The Morgan fingerprint density at radius 1 is 1.04 bits per heavy atom. The van der Waals surface area contributed by atoms with Crippen molar-refractivity contribution in [2.75, 3.05) is 0 Å². The van der Waals surface area contributed by atoms with Crippen molar-refractivity contribution in [3.05, 3.63) is 42.2 Å². The standard InChI is InChI=1S/C23H37NO2/c1-21(2)15-12-10-8-6-4-3-5-7-9-11-13-17-23(25)26-20-22-16-14-18-24-19-22/h5,7,14,16,18-19,21H,3-4,6,8-13,15,17,20H2,1-2H3/b7-5-. The minimum Gasteiger partial charge on any atom is -0.461 e. The number of hydrogen-bond acceptors (Lipinski definition) is 3. The van der Waals surface area contributed by atoms with Crippen LogP contribution < -0.4 is 0 Å². The first kappa shape index (κ1) is 22.4. The molecule has 26 heavy (non-hydrogen) atoms. The highest BCUT2D eigenvalue weighted by molar-refractivity contribution is 5.69. The van der Waals surface area contributed by atoms with Crippen LogP contribution in [0, 0.1) is 5.92 Å². The number of carbonyl (C=O) groups excluding carboxylic acids is 1. The summed E-state index contributed by atoms with van der Waals surface area (Å²) in [6.45, 7) is 4.93. The second kappa shape index (κ2) is 15.6. The quantitative estimate of drug-likeness (QED) is 0.200. The van der Waals surface area contributed by atoms with Crippen molar-refractivity contribution in [3.63, 3.8) is 0 Å². The Morgan fingerprint density at radius 2 is 1.73 bits per heavy atom. The summed E-state index contributed by atoms with van der Waals surface area (Å²) in [6.07, 6.45) is 20.9. The van der Waals surface area contributed by atoms with E-state index in [1.165, 1.54) is 44.9 Å². The van der Waals surface area contributed by atoms with Crippen LogP contribution in [0.2, 0.25) is 0 Å². The van der Waals surface area contributed by atoms with Crippen LogP contribution in [0.25, 0.3) is 0 Å². The van der Waals surface area contributed by atoms with Gasteiger partial charge in [-0.25, -0.2) is 0 Å². The number of rotatable bonds is 15. The predicted octanol–water partition coefficient (Wildman–Crippen LogP) is 6.63. The first-order chi connectivity index (χ1) is 12.7. The molecule has 0 saturated heterocycles. The van der Waals surface area contributed by atoms with E-state index in [2.05, 4.69) is 31.0 Å². The maximum Gasteiger partial charge on any atom is 0.306 e. The Bertz CT molecular complexity index is 482. The van der Waals surface area contributed by atoms with Gasteiger partial charge in [0.15, 0.2) is 0 Å². The smallest absolute Gasteiger partial charge is 0.306 e. The topological polar surface area (TPSA) is 39.2 Å². The van der Waals surface area contributed by atoms with Gasteiger partial charge in [-0.3, -0.25) is 9.78 Å². The summed E-state index contributed by atoms with van der Waals surface area (Å²) in [6, 6.07) is 3.76. The van der Waals surface area contributed by atoms with Gasteiger partial charge in [-0.2, -0.15) is 0 Å². The van der Waals surface area contributed by atoms with E-state index in [1.807, 2.05) is 12.1 Å². The molecule has 3 nitrogen and oxygen atoms in total. The first-order valence-corrected chi connectivity index (χ1v) is 10.4. The third kappa shape index (κ3) is 13.6. The molecule has 0 unspecified atom stereocenters. The molecule has 1 aromatic rings. The number of esters is 1. The molecule has 0 saturated carbocycles. The molecule has 0 aromatic carbocycles. The molecule has 0 spiro atoms. The zero-order chi connectivity index (χ0) is 18.9. The van der Waals surface area contributed by atoms with Crippen LogP contribution in [-0.4, -0.2) is 11.0 Å². The molecule has 0 N–H and O–H groups in total. The number of hydrogen-bond donors (Lipinski definition) is 0. The van der Waals surface area contributed by atoms with Crippen LogP contribution in [0.4, 0.5) is 0 Å². The molecule has 0 amide bonds. The van der Waals surface area contributed by atoms with E-state index < -0.39 is 0 Å². The Hall–Kier alpha value is -1.64. The van der Waals surface area contributed by atoms with Gasteiger partial charge in [0.05, 0.1) is 0 Å². The molecule has 0 aliphatic carbocycles. The van der Waals surface area contributed by atoms with Crippen LogP contribution in [0.3, 0.4) is 0 Å². The lowest BCUT2D eigenvalue weighted by Gasteiger charge is -2.04. The highest BCUT2D eigenvalue weighted by Crippen LogP contribution is 2.12. The number of pyridine rings is 1. The predicted molar refractivity (Wildman–Crippen MR) is 109 cm³/mol. The summed E-state index contributed by atoms with van der Waals surface area (Å²) in [4.78, 5) is 15.7. The molecular weight excluding hydrogens is 322 g/mol. The number of allylic oxidation sites excluding steroid dienone is 2. The summed E-state index contributed by atoms with van der Waals surface area (Å²) >= 11 is 0. The van der Waals surface area contributed by atoms with Crippen LogP contribution in [0.1, 0.15) is 90.0 Å². The molecular formula is C23H37NO2. The third-order valence-electron chi connectivity index (χ3n) is 4.44. The molecule has 0 bridgehead atoms. The Kier molecular flexibility index (Phi) is 13.4. The number of unbranched alkanes of at least 4 members (excludes halogenated alkanes) is 7. The van der Waals surface area contributed by atoms with Gasteiger partial charge < -0.3 is 4.74 Å². The average Bonchev–Trinajstić information content (AvgIpc) is 2.64. The van der Waals surface area contributed by atoms with Crippen molar-refractivity contribution in [1.29, 1.82) is 0 Å². The fourth-order valence-corrected chi connectivity index (χ4v) is 2.83. The number of aromatic nitrogens is 1. The van der Waals surface area contributed by atoms with Crippen LogP contribution in [-0.2, 0) is 16.1 Å². The van der Waals surface area contributed by atoms with Gasteiger partial charge in [0, 0.05) is 24.4 Å². The summed E-state index contributed by atoms with van der Waals surface area (Å²) < 4.78 is 5.24. The Balaban J connectivity index is 1.86. The lowest BCUT2D eigenvalue weighted by atomic mass is 10.0. The monoisotopic (exact) mass is 359 g/mol. The zero-order valence-electron chi connectivity index (χ0n) is 16.8. The molecule has 1 heterocycles. The molecule has 1 rings (SSSR count). The SMILES string of the molecule is CC(C)CCCCCCC/C=C\CCCCC(=O)OCc1cccnc1. The summed E-state index contributed by atoms with van der Waals surface area (Å²) in [5, 5.41) is 0. The molecule has 146 valence electrons. The molecule has 3 heteroatoms. The highest BCUT2D eigenvalue weighted by atomic mass is 16.5. The van der Waals surface area contributed by atoms with E-state index in [4.69, 9.17) is 4.74 Å². The molecule has 1 aromatic heterocycles. The molecule has 0 atom stereocenters. The zero-order valence-corrected chi connectivity index (χ0v) is 16.8. The van der Waals surface area contributed by atoms with Crippen LogP contribution in [0.15, 0.2) is 36.7 Å². The second-order valence-electron chi connectivity index (χ2n) is 7.48. The average molecular weight is 360 g/mol. The van der Waals surface area contributed by atoms with Gasteiger partial charge in [-0.1, -0.05) is 64.2 Å². The molecule has 0 radical (unpaired) electrons. The fraction of sp³-hybridized carbons (Fsp3) is 0.652. The maximum absolute atomic E-state index is 11.7. The van der Waals surface area contributed by atoms with Crippen molar-refractivity contribution >= 4 is 5.97 Å². The fourth-order valence-electron chi connectivity index (χ4n) is 2.83. The van der Waals surface area contributed by atoms with E-state index in [0.29, 0.717) is 13.0 Å². The maximum atomic E-state index is 11.7. The van der Waals surface area contributed by atoms with Crippen molar-refractivity contribution in [2.24, 2.45) is 5.92 Å². The Morgan fingerprint density at radius 3 is 2.42 bits per heavy atom. The minimum atomic E-state index is -0.115. The molecule has 0 aliphatic heterocycles. The van der Waals surface area contributed by atoms with E-state index in [9.17, 15) is 4.79 Å². The van der Waals surface area contributed by atoms with Crippen molar-refractivity contribution < 1.29 is 9.53 Å². The van der Waals surface area contributed by atoms with E-state index in [1.54, 1.807) is 12.4 Å². The third-order valence-corrected chi connectivity index (χ3v) is 4.44. The van der Waals surface area contributed by atoms with Gasteiger partial charge in [0.25, 0.3) is 0 Å². The summed E-state index contributed by atoms with van der Waals surface area (Å²) in [5.41, 5.74) is 0.934. The van der Waals surface area contributed by atoms with E-state index in [-0.39, 0.29) is 5.97 Å². The van der Waals surface area contributed by atoms with Gasteiger partial charge >= 0.3 is 5.97 Å². The van der Waals surface area contributed by atoms with Gasteiger partial charge in [-0.05, 0) is 44.1 Å².